The number of rotatable bonds is 6. The van der Waals surface area contributed by atoms with Gasteiger partial charge in [0, 0.05) is 33.2 Å². The monoisotopic (exact) mass is 346 g/mol. The predicted molar refractivity (Wildman–Crippen MR) is 97.4 cm³/mol. The van der Waals surface area contributed by atoms with Gasteiger partial charge in [0.2, 0.25) is 5.91 Å². The second-order valence-corrected chi connectivity index (χ2v) is 7.49. The Hall–Kier alpha value is -1.43. The van der Waals surface area contributed by atoms with Crippen LogP contribution in [-0.2, 0) is 20.8 Å². The standard InChI is InChI=1S/C20H30N2O3/c1-15-5-4-6-16(11-15)12-22-10-9-19-18(22)8-7-17(25-19)13-24-14-20(23)21(2)3/h4-6,11,17-19H,7-10,12-14H2,1-3H3/t17?,18-,19-/m0/s1. The molecule has 5 nitrogen and oxygen atoms in total. The van der Waals surface area contributed by atoms with E-state index < -0.39 is 0 Å². The van der Waals surface area contributed by atoms with Gasteiger partial charge in [-0.25, -0.2) is 0 Å². The topological polar surface area (TPSA) is 42.0 Å². The smallest absolute Gasteiger partial charge is 0.248 e. The fourth-order valence-corrected chi connectivity index (χ4v) is 3.86. The van der Waals surface area contributed by atoms with Crippen molar-refractivity contribution < 1.29 is 14.3 Å². The van der Waals surface area contributed by atoms with E-state index in [1.165, 1.54) is 11.1 Å². The fraction of sp³-hybridized carbons (Fsp3) is 0.650. The molecule has 2 saturated heterocycles. The molecule has 1 amide bonds. The van der Waals surface area contributed by atoms with Crippen molar-refractivity contribution in [2.45, 2.75) is 51.0 Å². The Morgan fingerprint density at radius 1 is 1.32 bits per heavy atom. The van der Waals surface area contributed by atoms with E-state index in [0.717, 1.165) is 32.4 Å². The minimum absolute atomic E-state index is 0.00104. The highest BCUT2D eigenvalue weighted by Gasteiger charge is 2.39. The molecule has 1 aromatic rings. The van der Waals surface area contributed by atoms with Gasteiger partial charge in [0.1, 0.15) is 6.61 Å². The molecule has 2 aliphatic heterocycles. The summed E-state index contributed by atoms with van der Waals surface area (Å²) < 4.78 is 11.8. The maximum atomic E-state index is 11.6. The fourth-order valence-electron chi connectivity index (χ4n) is 3.86. The zero-order valence-corrected chi connectivity index (χ0v) is 15.6. The van der Waals surface area contributed by atoms with E-state index >= 15 is 0 Å². The number of hydrogen-bond acceptors (Lipinski definition) is 4. The van der Waals surface area contributed by atoms with E-state index in [1.54, 1.807) is 19.0 Å². The molecule has 2 fully saturated rings. The average molecular weight is 346 g/mol. The minimum Gasteiger partial charge on any atom is -0.371 e. The van der Waals surface area contributed by atoms with Crippen LogP contribution in [0.1, 0.15) is 30.4 Å². The number of likely N-dealkylation sites (N-methyl/N-ethyl adjacent to an activating group) is 1. The summed E-state index contributed by atoms with van der Waals surface area (Å²) in [5.74, 6) is -0.00104. The maximum Gasteiger partial charge on any atom is 0.248 e. The summed E-state index contributed by atoms with van der Waals surface area (Å²) in [5.41, 5.74) is 2.70. The normalized spacial score (nSPS) is 26.4. The molecule has 3 rings (SSSR count). The Kier molecular flexibility index (Phi) is 6.10. The third kappa shape index (κ3) is 4.81. The number of fused-ring (bicyclic) bond motifs is 1. The number of carbonyl (C=O) groups is 1. The van der Waals surface area contributed by atoms with Crippen LogP contribution in [0, 0.1) is 6.92 Å². The number of hydrogen-bond donors (Lipinski definition) is 0. The van der Waals surface area contributed by atoms with E-state index in [4.69, 9.17) is 9.47 Å². The van der Waals surface area contributed by atoms with Gasteiger partial charge in [-0.15, -0.1) is 0 Å². The van der Waals surface area contributed by atoms with Crippen LogP contribution in [0.3, 0.4) is 0 Å². The quantitative estimate of drug-likeness (QED) is 0.792. The Morgan fingerprint density at radius 2 is 2.16 bits per heavy atom. The molecule has 2 aliphatic rings. The van der Waals surface area contributed by atoms with E-state index in [0.29, 0.717) is 18.8 Å². The average Bonchev–Trinajstić information content (AvgIpc) is 2.97. The summed E-state index contributed by atoms with van der Waals surface area (Å²) >= 11 is 0. The Morgan fingerprint density at radius 3 is 2.92 bits per heavy atom. The van der Waals surface area contributed by atoms with Crippen molar-refractivity contribution in [3.05, 3.63) is 35.4 Å². The highest BCUT2D eigenvalue weighted by atomic mass is 16.5. The molecular weight excluding hydrogens is 316 g/mol. The Labute approximate surface area is 150 Å². The summed E-state index contributed by atoms with van der Waals surface area (Å²) in [5, 5.41) is 0. The molecule has 0 radical (unpaired) electrons. The van der Waals surface area contributed by atoms with Crippen molar-refractivity contribution >= 4 is 5.91 Å². The highest BCUT2D eigenvalue weighted by molar-refractivity contribution is 5.76. The molecule has 3 atom stereocenters. The van der Waals surface area contributed by atoms with Crippen molar-refractivity contribution in [1.29, 1.82) is 0 Å². The second kappa shape index (κ2) is 8.30. The van der Waals surface area contributed by atoms with Crippen molar-refractivity contribution in [3.63, 3.8) is 0 Å². The van der Waals surface area contributed by atoms with Gasteiger partial charge in [0.05, 0.1) is 18.8 Å². The molecule has 1 unspecified atom stereocenters. The molecule has 0 spiro atoms. The molecule has 0 bridgehead atoms. The molecule has 0 saturated carbocycles. The van der Waals surface area contributed by atoms with Gasteiger partial charge in [0.15, 0.2) is 0 Å². The van der Waals surface area contributed by atoms with E-state index in [1.807, 2.05) is 0 Å². The van der Waals surface area contributed by atoms with E-state index in [-0.39, 0.29) is 18.6 Å². The van der Waals surface area contributed by atoms with Gasteiger partial charge in [-0.1, -0.05) is 29.8 Å². The lowest BCUT2D eigenvalue weighted by molar-refractivity contribution is -0.138. The molecule has 2 heterocycles. The molecule has 25 heavy (non-hydrogen) atoms. The first kappa shape index (κ1) is 18.4. The first-order valence-electron chi connectivity index (χ1n) is 9.26. The van der Waals surface area contributed by atoms with Crippen LogP contribution in [-0.4, -0.2) is 67.8 Å². The predicted octanol–water partition coefficient (Wildman–Crippen LogP) is 2.22. The molecular formula is C20H30N2O3. The number of nitrogens with zero attached hydrogens (tertiary/aromatic N) is 2. The SMILES string of the molecule is Cc1cccc(CN2CC[C@@H]3OC(COCC(=O)N(C)C)CC[C@@H]32)c1. The van der Waals surface area contributed by atoms with Crippen LogP contribution >= 0.6 is 0 Å². The van der Waals surface area contributed by atoms with Gasteiger partial charge in [-0.05, 0) is 31.7 Å². The van der Waals surface area contributed by atoms with E-state index in [9.17, 15) is 4.79 Å². The van der Waals surface area contributed by atoms with Crippen molar-refractivity contribution in [1.82, 2.24) is 9.80 Å². The summed E-state index contributed by atoms with van der Waals surface area (Å²) in [6.45, 7) is 4.90. The lowest BCUT2D eigenvalue weighted by atomic mass is 9.99. The van der Waals surface area contributed by atoms with Crippen molar-refractivity contribution in [2.75, 3.05) is 33.9 Å². The number of benzene rings is 1. The van der Waals surface area contributed by atoms with Crippen LogP contribution < -0.4 is 0 Å². The van der Waals surface area contributed by atoms with Crippen LogP contribution in [0.2, 0.25) is 0 Å². The third-order valence-corrected chi connectivity index (χ3v) is 5.25. The minimum atomic E-state index is -0.00104. The van der Waals surface area contributed by atoms with Crippen LogP contribution in [0.15, 0.2) is 24.3 Å². The van der Waals surface area contributed by atoms with Crippen molar-refractivity contribution in [2.24, 2.45) is 0 Å². The summed E-state index contributed by atoms with van der Waals surface area (Å²) in [6, 6.07) is 9.28. The molecule has 0 aromatic heterocycles. The van der Waals surface area contributed by atoms with Crippen LogP contribution in [0.25, 0.3) is 0 Å². The maximum absolute atomic E-state index is 11.6. The molecule has 0 N–H and O–H groups in total. The number of aryl methyl sites for hydroxylation is 1. The van der Waals surface area contributed by atoms with Gasteiger partial charge in [-0.3, -0.25) is 9.69 Å². The largest absolute Gasteiger partial charge is 0.371 e. The molecule has 0 aliphatic carbocycles. The van der Waals surface area contributed by atoms with Gasteiger partial charge < -0.3 is 14.4 Å². The Bertz CT molecular complexity index is 590. The molecule has 138 valence electrons. The number of ether oxygens (including phenoxy) is 2. The lowest BCUT2D eigenvalue weighted by Crippen LogP contribution is -2.43. The molecule has 1 aromatic carbocycles. The van der Waals surface area contributed by atoms with Gasteiger partial charge >= 0.3 is 0 Å². The second-order valence-electron chi connectivity index (χ2n) is 7.49. The molecule has 5 heteroatoms. The van der Waals surface area contributed by atoms with Gasteiger partial charge in [0.25, 0.3) is 0 Å². The summed E-state index contributed by atoms with van der Waals surface area (Å²) in [7, 11) is 3.49. The number of amides is 1. The van der Waals surface area contributed by atoms with E-state index in [2.05, 4.69) is 36.1 Å². The van der Waals surface area contributed by atoms with Gasteiger partial charge in [-0.2, -0.15) is 0 Å². The lowest BCUT2D eigenvalue weighted by Gasteiger charge is -2.36. The Balaban J connectivity index is 1.46. The van der Waals surface area contributed by atoms with Crippen molar-refractivity contribution in [3.8, 4) is 0 Å². The zero-order chi connectivity index (χ0) is 17.8. The zero-order valence-electron chi connectivity index (χ0n) is 15.6. The summed E-state index contributed by atoms with van der Waals surface area (Å²) in [6.07, 6.45) is 3.66. The number of carbonyl (C=O) groups excluding carboxylic acids is 1. The van der Waals surface area contributed by atoms with Crippen LogP contribution in [0.4, 0.5) is 0 Å². The van der Waals surface area contributed by atoms with Crippen LogP contribution in [0.5, 0.6) is 0 Å². The first-order valence-corrected chi connectivity index (χ1v) is 9.26. The summed E-state index contributed by atoms with van der Waals surface area (Å²) in [4.78, 5) is 15.7. The number of likely N-dealkylation sites (tertiary alicyclic amines) is 1. The highest BCUT2D eigenvalue weighted by Crippen LogP contribution is 2.32. The third-order valence-electron chi connectivity index (χ3n) is 5.25. The first-order chi connectivity index (χ1) is 12.0.